The van der Waals surface area contributed by atoms with Crippen molar-refractivity contribution in [1.82, 2.24) is 19.4 Å². The summed E-state index contributed by atoms with van der Waals surface area (Å²) in [6.45, 7) is 3.71. The second-order valence-electron chi connectivity index (χ2n) is 6.30. The monoisotopic (exact) mass is 379 g/mol. The fourth-order valence-corrected chi connectivity index (χ4v) is 3.47. The first-order valence-electron chi connectivity index (χ1n) is 8.38. The molecule has 0 radical (unpaired) electrons. The molecule has 0 spiro atoms. The molecule has 4 rings (SSSR count). The third-order valence-electron chi connectivity index (χ3n) is 4.22. The number of amides is 1. The van der Waals surface area contributed by atoms with Crippen LogP contribution in [0.5, 0.6) is 0 Å². The molecule has 136 valence electrons. The minimum Gasteiger partial charge on any atom is -0.324 e. The van der Waals surface area contributed by atoms with E-state index >= 15 is 0 Å². The fraction of sp³-hybridized carbons (Fsp3) is 0.158. The van der Waals surface area contributed by atoms with Crippen LogP contribution in [0.2, 0.25) is 0 Å². The maximum absolute atomic E-state index is 12.7. The van der Waals surface area contributed by atoms with E-state index in [0.717, 1.165) is 26.4 Å². The highest BCUT2D eigenvalue weighted by molar-refractivity contribution is 7.13. The van der Waals surface area contributed by atoms with E-state index in [1.807, 2.05) is 49.6 Å². The third-order valence-corrected chi connectivity index (χ3v) is 5.12. The van der Waals surface area contributed by atoms with Gasteiger partial charge in [-0.3, -0.25) is 9.59 Å². The van der Waals surface area contributed by atoms with Crippen molar-refractivity contribution in [2.75, 3.05) is 5.32 Å². The van der Waals surface area contributed by atoms with Crippen LogP contribution >= 0.6 is 11.3 Å². The summed E-state index contributed by atoms with van der Waals surface area (Å²) in [7, 11) is 0. The number of rotatable bonds is 4. The summed E-state index contributed by atoms with van der Waals surface area (Å²) >= 11 is 1.55. The van der Waals surface area contributed by atoms with Crippen molar-refractivity contribution >= 4 is 28.4 Å². The Balaban J connectivity index is 1.60. The molecule has 0 aliphatic carbocycles. The van der Waals surface area contributed by atoms with Gasteiger partial charge in [-0.25, -0.2) is 9.20 Å². The van der Waals surface area contributed by atoms with Crippen LogP contribution < -0.4 is 10.9 Å². The number of nitrogens with zero attached hydrogens (tertiary/aromatic N) is 4. The lowest BCUT2D eigenvalue weighted by Crippen LogP contribution is -2.30. The number of aromatic nitrogens is 4. The topological polar surface area (TPSA) is 81.3 Å². The Kier molecular flexibility index (Phi) is 4.33. The Hall–Kier alpha value is -3.26. The number of thiophene rings is 1. The number of benzene rings is 1. The summed E-state index contributed by atoms with van der Waals surface area (Å²) in [6.07, 6.45) is 1.44. The Morgan fingerprint density at radius 1 is 1.22 bits per heavy atom. The van der Waals surface area contributed by atoms with Gasteiger partial charge in [0.2, 0.25) is 5.91 Å². The molecule has 0 aliphatic rings. The van der Waals surface area contributed by atoms with Gasteiger partial charge in [0, 0.05) is 5.69 Å². The van der Waals surface area contributed by atoms with Gasteiger partial charge < -0.3 is 5.32 Å². The van der Waals surface area contributed by atoms with Crippen molar-refractivity contribution in [1.29, 1.82) is 0 Å². The predicted octanol–water partition coefficient (Wildman–Crippen LogP) is 2.88. The number of carbonyl (C=O) groups excluding carboxylic acids is 1. The van der Waals surface area contributed by atoms with Gasteiger partial charge in [0.05, 0.1) is 4.88 Å². The molecule has 0 unspecified atom stereocenters. The number of nitrogens with one attached hydrogen (secondary N) is 1. The fourth-order valence-electron chi connectivity index (χ4n) is 2.79. The van der Waals surface area contributed by atoms with Crippen molar-refractivity contribution in [2.45, 2.75) is 20.4 Å². The maximum Gasteiger partial charge on any atom is 0.293 e. The zero-order valence-electron chi connectivity index (χ0n) is 14.8. The quantitative estimate of drug-likeness (QED) is 0.591. The number of carbonyl (C=O) groups is 1. The zero-order chi connectivity index (χ0) is 19.0. The van der Waals surface area contributed by atoms with Crippen LogP contribution in [0.25, 0.3) is 16.1 Å². The number of aryl methyl sites for hydroxylation is 2. The Bertz CT molecular complexity index is 1190. The molecule has 1 N–H and O–H groups in total. The van der Waals surface area contributed by atoms with Crippen molar-refractivity contribution < 1.29 is 4.79 Å². The van der Waals surface area contributed by atoms with Gasteiger partial charge in [0.25, 0.3) is 5.56 Å². The number of hydrogen-bond acceptors (Lipinski definition) is 5. The first-order valence-corrected chi connectivity index (χ1v) is 9.26. The number of hydrogen-bond donors (Lipinski definition) is 1. The Morgan fingerprint density at radius 2 is 2.07 bits per heavy atom. The average Bonchev–Trinajstić information content (AvgIpc) is 3.30. The van der Waals surface area contributed by atoms with Crippen LogP contribution in [0.3, 0.4) is 0 Å². The highest BCUT2D eigenvalue weighted by atomic mass is 32.1. The zero-order valence-corrected chi connectivity index (χ0v) is 15.7. The van der Waals surface area contributed by atoms with E-state index in [1.165, 1.54) is 10.8 Å². The minimum atomic E-state index is -0.357. The lowest BCUT2D eigenvalue weighted by Gasteiger charge is -2.10. The molecule has 1 amide bonds. The summed E-state index contributed by atoms with van der Waals surface area (Å²) in [6, 6.07) is 11.4. The molecule has 0 atom stereocenters. The average molecular weight is 379 g/mol. The molecule has 7 nitrogen and oxygen atoms in total. The lowest BCUT2D eigenvalue weighted by atomic mass is 10.1. The molecule has 0 fully saturated rings. The second kappa shape index (κ2) is 6.81. The summed E-state index contributed by atoms with van der Waals surface area (Å²) < 4.78 is 2.59. The molecule has 8 heteroatoms. The molecule has 3 heterocycles. The number of anilines is 1. The molecule has 1 aromatic carbocycles. The van der Waals surface area contributed by atoms with E-state index in [0.29, 0.717) is 11.2 Å². The second-order valence-corrected chi connectivity index (χ2v) is 7.24. The van der Waals surface area contributed by atoms with Gasteiger partial charge in [-0.15, -0.1) is 11.3 Å². The largest absolute Gasteiger partial charge is 0.324 e. The highest BCUT2D eigenvalue weighted by Crippen LogP contribution is 2.23. The lowest BCUT2D eigenvalue weighted by molar-refractivity contribution is -0.117. The summed E-state index contributed by atoms with van der Waals surface area (Å²) in [5.41, 5.74) is 3.48. The maximum atomic E-state index is 12.7. The van der Waals surface area contributed by atoms with Gasteiger partial charge in [-0.1, -0.05) is 18.2 Å². The molecule has 0 bridgehead atoms. The van der Waals surface area contributed by atoms with Crippen LogP contribution in [0.4, 0.5) is 5.69 Å². The van der Waals surface area contributed by atoms with Gasteiger partial charge in [0.1, 0.15) is 24.1 Å². The summed E-state index contributed by atoms with van der Waals surface area (Å²) in [5.74, 6) is -0.305. The van der Waals surface area contributed by atoms with Crippen molar-refractivity contribution in [3.8, 4) is 10.6 Å². The molecule has 27 heavy (non-hydrogen) atoms. The highest BCUT2D eigenvalue weighted by Gasteiger charge is 2.13. The van der Waals surface area contributed by atoms with Crippen LogP contribution in [-0.4, -0.2) is 25.3 Å². The summed E-state index contributed by atoms with van der Waals surface area (Å²) in [5, 5.41) is 13.2. The Labute approximate surface area is 158 Å². The molecule has 4 aromatic rings. The molecule has 0 saturated carbocycles. The minimum absolute atomic E-state index is 0.164. The predicted molar refractivity (Wildman–Crippen MR) is 105 cm³/mol. The van der Waals surface area contributed by atoms with Crippen LogP contribution in [0.15, 0.2) is 52.9 Å². The first-order chi connectivity index (χ1) is 13.0. The van der Waals surface area contributed by atoms with Gasteiger partial charge >= 0.3 is 0 Å². The molecular weight excluding hydrogens is 362 g/mol. The van der Waals surface area contributed by atoms with E-state index < -0.39 is 0 Å². The standard InChI is InChI=1S/C19H17N5O2S/c1-12-5-6-13(2)14(8-12)21-18(25)10-23-19(26)16-9-15(17-4-3-7-27-17)22-24(16)11-20-23/h3-9,11H,10H2,1-2H3,(H,21,25). The molecular formula is C19H17N5O2S. The van der Waals surface area contributed by atoms with Crippen LogP contribution in [0, 0.1) is 13.8 Å². The van der Waals surface area contributed by atoms with E-state index in [9.17, 15) is 9.59 Å². The van der Waals surface area contributed by atoms with E-state index in [1.54, 1.807) is 17.4 Å². The van der Waals surface area contributed by atoms with Gasteiger partial charge in [-0.05, 0) is 48.6 Å². The van der Waals surface area contributed by atoms with Gasteiger partial charge in [0.15, 0.2) is 0 Å². The summed E-state index contributed by atoms with van der Waals surface area (Å²) in [4.78, 5) is 26.0. The molecule has 0 aliphatic heterocycles. The van der Waals surface area contributed by atoms with E-state index in [2.05, 4.69) is 15.5 Å². The van der Waals surface area contributed by atoms with Crippen molar-refractivity contribution in [2.24, 2.45) is 0 Å². The van der Waals surface area contributed by atoms with E-state index in [4.69, 9.17) is 0 Å². The number of fused-ring (bicyclic) bond motifs is 1. The molecule has 3 aromatic heterocycles. The van der Waals surface area contributed by atoms with Crippen molar-refractivity contribution in [3.05, 3.63) is 69.6 Å². The van der Waals surface area contributed by atoms with Crippen LogP contribution in [0.1, 0.15) is 11.1 Å². The van der Waals surface area contributed by atoms with Crippen molar-refractivity contribution in [3.63, 3.8) is 0 Å². The molecule has 0 saturated heterocycles. The first kappa shape index (κ1) is 17.2. The Morgan fingerprint density at radius 3 is 2.85 bits per heavy atom. The normalized spacial score (nSPS) is 11.0. The smallest absolute Gasteiger partial charge is 0.293 e. The van der Waals surface area contributed by atoms with Gasteiger partial charge in [-0.2, -0.15) is 10.2 Å². The SMILES string of the molecule is Cc1ccc(C)c(NC(=O)Cn2ncn3nc(-c4cccs4)cc3c2=O)c1. The third kappa shape index (κ3) is 3.39. The van der Waals surface area contributed by atoms with E-state index in [-0.39, 0.29) is 18.0 Å². The van der Waals surface area contributed by atoms with Crippen LogP contribution in [-0.2, 0) is 11.3 Å².